The molecule has 1 fully saturated rings. The second kappa shape index (κ2) is 6.64. The van der Waals surface area contributed by atoms with Gasteiger partial charge in [-0.3, -0.25) is 14.3 Å². The van der Waals surface area contributed by atoms with Crippen molar-refractivity contribution in [2.75, 3.05) is 13.1 Å². The van der Waals surface area contributed by atoms with Crippen molar-refractivity contribution in [2.24, 2.45) is 5.92 Å². The molecule has 0 saturated carbocycles. The van der Waals surface area contributed by atoms with Crippen LogP contribution in [0.1, 0.15) is 28.8 Å². The summed E-state index contributed by atoms with van der Waals surface area (Å²) in [6.45, 7) is 1.58. The van der Waals surface area contributed by atoms with Crippen LogP contribution in [0, 0.1) is 5.92 Å². The van der Waals surface area contributed by atoms with E-state index in [1.165, 1.54) is 0 Å². The number of amides is 1. The molecule has 6 nitrogen and oxygen atoms in total. The molecule has 1 N–H and O–H groups in total. The lowest BCUT2D eigenvalue weighted by Gasteiger charge is -2.30. The van der Waals surface area contributed by atoms with Crippen molar-refractivity contribution in [3.63, 3.8) is 0 Å². The Morgan fingerprint density at radius 3 is 2.70 bits per heavy atom. The molecule has 0 unspecified atom stereocenters. The van der Waals surface area contributed by atoms with Gasteiger partial charge >= 0.3 is 5.97 Å². The number of hydrogen-bond acceptors (Lipinski definition) is 3. The summed E-state index contributed by atoms with van der Waals surface area (Å²) < 4.78 is 1.82. The molecular formula is C17H19N3O3. The van der Waals surface area contributed by atoms with E-state index in [9.17, 15) is 9.59 Å². The number of likely N-dealkylation sites (tertiary alicyclic amines) is 1. The quantitative estimate of drug-likeness (QED) is 0.935. The Morgan fingerprint density at radius 1 is 1.26 bits per heavy atom. The van der Waals surface area contributed by atoms with Gasteiger partial charge in [0.1, 0.15) is 0 Å². The largest absolute Gasteiger partial charge is 0.481 e. The summed E-state index contributed by atoms with van der Waals surface area (Å²) in [5, 5.41) is 13.3. The van der Waals surface area contributed by atoms with Crippen molar-refractivity contribution in [3.8, 4) is 0 Å². The number of carbonyl (C=O) groups excluding carboxylic acids is 1. The summed E-state index contributed by atoms with van der Waals surface area (Å²) in [5.74, 6) is -1.37. The molecular weight excluding hydrogens is 294 g/mol. The summed E-state index contributed by atoms with van der Waals surface area (Å²) in [5.41, 5.74) is 1.66. The summed E-state index contributed by atoms with van der Waals surface area (Å²) in [7, 11) is 0. The van der Waals surface area contributed by atoms with Crippen LogP contribution in [0.25, 0.3) is 0 Å². The number of carboxylic acids is 1. The molecule has 3 rings (SSSR count). The number of carbonyl (C=O) groups is 2. The fourth-order valence-corrected chi connectivity index (χ4v) is 2.88. The third-order valence-electron chi connectivity index (χ3n) is 4.16. The van der Waals surface area contributed by atoms with Crippen molar-refractivity contribution in [3.05, 3.63) is 53.9 Å². The Labute approximate surface area is 134 Å². The molecule has 23 heavy (non-hydrogen) atoms. The number of piperidine rings is 1. The van der Waals surface area contributed by atoms with E-state index in [0.29, 0.717) is 31.6 Å². The topological polar surface area (TPSA) is 75.4 Å². The highest BCUT2D eigenvalue weighted by molar-refractivity contribution is 5.94. The zero-order chi connectivity index (χ0) is 16.2. The Morgan fingerprint density at radius 2 is 2.04 bits per heavy atom. The van der Waals surface area contributed by atoms with Crippen molar-refractivity contribution in [2.45, 2.75) is 19.4 Å². The molecule has 1 amide bonds. The molecule has 1 aliphatic heterocycles. The third-order valence-corrected chi connectivity index (χ3v) is 4.16. The Hall–Kier alpha value is -2.63. The number of carboxylic acid groups (broad SMARTS) is 1. The Balaban J connectivity index is 1.66. The predicted octanol–water partition coefficient (Wildman–Crippen LogP) is 1.87. The average molecular weight is 313 g/mol. The minimum Gasteiger partial charge on any atom is -0.481 e. The van der Waals surface area contributed by atoms with Crippen LogP contribution in [0.2, 0.25) is 0 Å². The summed E-state index contributed by atoms with van der Waals surface area (Å²) >= 11 is 0. The zero-order valence-electron chi connectivity index (χ0n) is 12.8. The van der Waals surface area contributed by atoms with Crippen LogP contribution >= 0.6 is 0 Å². The number of aromatic nitrogens is 2. The number of benzene rings is 1. The molecule has 1 aromatic carbocycles. The highest BCUT2D eigenvalue weighted by Gasteiger charge is 2.28. The standard InChI is InChI=1S/C17H19N3O3/c21-16(19-9-1-3-15(12-19)17(22)23)14-6-4-13(5-7-14)11-20-10-2-8-18-20/h2,4-8,10,15H,1,3,9,11-12H2,(H,22,23)/t15-/m0/s1. The van der Waals surface area contributed by atoms with E-state index in [-0.39, 0.29) is 5.91 Å². The first-order chi connectivity index (χ1) is 11.1. The molecule has 1 aliphatic rings. The predicted molar refractivity (Wildman–Crippen MR) is 84.0 cm³/mol. The van der Waals surface area contributed by atoms with Crippen molar-refractivity contribution in [1.29, 1.82) is 0 Å². The fraction of sp³-hybridized carbons (Fsp3) is 0.353. The Kier molecular flexibility index (Phi) is 4.41. The lowest BCUT2D eigenvalue weighted by molar-refractivity contribution is -0.143. The third kappa shape index (κ3) is 3.59. The van der Waals surface area contributed by atoms with Crippen molar-refractivity contribution >= 4 is 11.9 Å². The molecule has 0 radical (unpaired) electrons. The van der Waals surface area contributed by atoms with E-state index in [1.807, 2.05) is 29.1 Å². The van der Waals surface area contributed by atoms with Gasteiger partial charge in [0.25, 0.3) is 5.91 Å². The highest BCUT2D eigenvalue weighted by Crippen LogP contribution is 2.19. The summed E-state index contributed by atoms with van der Waals surface area (Å²) in [4.78, 5) is 25.3. The minimum absolute atomic E-state index is 0.0958. The van der Waals surface area contributed by atoms with Gasteiger partial charge in [-0.05, 0) is 36.6 Å². The minimum atomic E-state index is -0.822. The van der Waals surface area contributed by atoms with Gasteiger partial charge in [0.05, 0.1) is 12.5 Å². The number of nitrogens with zero attached hydrogens (tertiary/aromatic N) is 3. The van der Waals surface area contributed by atoms with Crippen molar-refractivity contribution in [1.82, 2.24) is 14.7 Å². The van der Waals surface area contributed by atoms with Crippen LogP contribution in [-0.2, 0) is 11.3 Å². The second-order valence-electron chi connectivity index (χ2n) is 5.83. The number of hydrogen-bond donors (Lipinski definition) is 1. The molecule has 0 spiro atoms. The molecule has 1 saturated heterocycles. The van der Waals surface area contributed by atoms with Crippen LogP contribution in [0.5, 0.6) is 0 Å². The van der Waals surface area contributed by atoms with E-state index >= 15 is 0 Å². The molecule has 120 valence electrons. The van der Waals surface area contributed by atoms with Crippen LogP contribution < -0.4 is 0 Å². The van der Waals surface area contributed by atoms with E-state index in [2.05, 4.69) is 5.10 Å². The SMILES string of the molecule is O=C(O)[C@H]1CCCN(C(=O)c2ccc(Cn3cccn3)cc2)C1. The summed E-state index contributed by atoms with van der Waals surface area (Å²) in [6.07, 6.45) is 4.99. The first-order valence-electron chi connectivity index (χ1n) is 7.72. The fourth-order valence-electron chi connectivity index (χ4n) is 2.88. The van der Waals surface area contributed by atoms with Crippen LogP contribution in [0.3, 0.4) is 0 Å². The molecule has 2 heterocycles. The van der Waals surface area contributed by atoms with Gasteiger partial charge in [0, 0.05) is 31.0 Å². The first-order valence-corrected chi connectivity index (χ1v) is 7.72. The highest BCUT2D eigenvalue weighted by atomic mass is 16.4. The van der Waals surface area contributed by atoms with Gasteiger partial charge in [-0.25, -0.2) is 0 Å². The van der Waals surface area contributed by atoms with Gasteiger partial charge in [-0.1, -0.05) is 12.1 Å². The lowest BCUT2D eigenvalue weighted by Crippen LogP contribution is -2.42. The van der Waals surface area contributed by atoms with Gasteiger partial charge in [-0.15, -0.1) is 0 Å². The Bertz CT molecular complexity index is 680. The molecule has 0 aliphatic carbocycles. The van der Waals surface area contributed by atoms with Gasteiger partial charge in [0.15, 0.2) is 0 Å². The van der Waals surface area contributed by atoms with E-state index in [4.69, 9.17) is 5.11 Å². The van der Waals surface area contributed by atoms with Crippen LogP contribution in [0.4, 0.5) is 0 Å². The summed E-state index contributed by atoms with van der Waals surface area (Å²) in [6, 6.07) is 9.28. The van der Waals surface area contributed by atoms with Crippen LogP contribution in [0.15, 0.2) is 42.7 Å². The smallest absolute Gasteiger partial charge is 0.308 e. The van der Waals surface area contributed by atoms with Crippen LogP contribution in [-0.4, -0.2) is 44.8 Å². The molecule has 1 aromatic heterocycles. The second-order valence-corrected chi connectivity index (χ2v) is 5.83. The van der Waals surface area contributed by atoms with Crippen molar-refractivity contribution < 1.29 is 14.7 Å². The molecule has 2 aromatic rings. The molecule has 6 heteroatoms. The van der Waals surface area contributed by atoms with E-state index in [1.54, 1.807) is 23.2 Å². The maximum Gasteiger partial charge on any atom is 0.308 e. The van der Waals surface area contributed by atoms with E-state index < -0.39 is 11.9 Å². The maximum absolute atomic E-state index is 12.5. The zero-order valence-corrected chi connectivity index (χ0v) is 12.8. The normalized spacial score (nSPS) is 17.9. The van der Waals surface area contributed by atoms with Gasteiger partial charge in [0.2, 0.25) is 0 Å². The monoisotopic (exact) mass is 313 g/mol. The number of aliphatic carboxylic acids is 1. The molecule has 1 atom stereocenters. The number of rotatable bonds is 4. The maximum atomic E-state index is 12.5. The lowest BCUT2D eigenvalue weighted by atomic mass is 9.97. The van der Waals surface area contributed by atoms with Gasteiger partial charge < -0.3 is 10.0 Å². The first kappa shape index (κ1) is 15.3. The van der Waals surface area contributed by atoms with E-state index in [0.717, 1.165) is 12.0 Å². The average Bonchev–Trinajstić information content (AvgIpc) is 3.08. The molecule has 0 bridgehead atoms. The van der Waals surface area contributed by atoms with Gasteiger partial charge in [-0.2, -0.15) is 5.10 Å².